The van der Waals surface area contributed by atoms with Crippen LogP contribution < -0.4 is 10.2 Å². The molecule has 1 fully saturated rings. The molecule has 1 saturated heterocycles. The molecule has 4 rings (SSSR count). The normalized spacial score (nSPS) is 15.5. The molecular weight excluding hydrogens is 354 g/mol. The summed E-state index contributed by atoms with van der Waals surface area (Å²) in [6.07, 6.45) is 0. The summed E-state index contributed by atoms with van der Waals surface area (Å²) in [5.74, 6) is 2.48. The van der Waals surface area contributed by atoms with Crippen molar-refractivity contribution in [2.24, 2.45) is 0 Å². The molecule has 1 aliphatic rings. The van der Waals surface area contributed by atoms with Crippen molar-refractivity contribution in [2.45, 2.75) is 6.92 Å². The van der Waals surface area contributed by atoms with Crippen LogP contribution in [0.2, 0.25) is 0 Å². The van der Waals surface area contributed by atoms with Crippen LogP contribution in [0.15, 0.2) is 23.6 Å². The van der Waals surface area contributed by atoms with E-state index in [1.165, 1.54) is 11.3 Å². The summed E-state index contributed by atoms with van der Waals surface area (Å²) in [7, 11) is 2.15. The first kappa shape index (κ1) is 16.4. The van der Waals surface area contributed by atoms with E-state index in [-0.39, 0.29) is 0 Å². The molecule has 1 N–H and O–H groups in total. The number of hydrogen-bond donors (Lipinski definition) is 1. The third kappa shape index (κ3) is 3.78. The van der Waals surface area contributed by atoms with Crippen molar-refractivity contribution < 1.29 is 0 Å². The van der Waals surface area contributed by atoms with E-state index < -0.39 is 0 Å². The van der Waals surface area contributed by atoms with Gasteiger partial charge >= 0.3 is 0 Å². The molecule has 4 heterocycles. The Balaban J connectivity index is 1.52. The zero-order chi connectivity index (χ0) is 17.2. The molecular formula is C16H19N7S2. The summed E-state index contributed by atoms with van der Waals surface area (Å²) in [4.78, 5) is 14.8. The van der Waals surface area contributed by atoms with Gasteiger partial charge in [-0.2, -0.15) is 0 Å². The highest BCUT2D eigenvalue weighted by Crippen LogP contribution is 2.31. The minimum absolute atomic E-state index is 0.742. The van der Waals surface area contributed by atoms with Gasteiger partial charge in [-0.3, -0.25) is 0 Å². The monoisotopic (exact) mass is 373 g/mol. The average molecular weight is 374 g/mol. The number of thiophene rings is 1. The number of aromatic nitrogens is 4. The van der Waals surface area contributed by atoms with Gasteiger partial charge in [0.15, 0.2) is 5.01 Å². The highest BCUT2D eigenvalue weighted by molar-refractivity contribution is 7.22. The zero-order valence-corrected chi connectivity index (χ0v) is 15.8. The van der Waals surface area contributed by atoms with E-state index in [0.717, 1.165) is 58.7 Å². The lowest BCUT2D eigenvalue weighted by Gasteiger charge is -2.33. The fourth-order valence-corrected chi connectivity index (χ4v) is 4.24. The first-order valence-electron chi connectivity index (χ1n) is 8.11. The van der Waals surface area contributed by atoms with Crippen LogP contribution >= 0.6 is 22.7 Å². The maximum atomic E-state index is 4.60. The Kier molecular flexibility index (Phi) is 4.60. The van der Waals surface area contributed by atoms with E-state index in [1.54, 1.807) is 11.3 Å². The van der Waals surface area contributed by atoms with Crippen LogP contribution in [0, 0.1) is 6.92 Å². The summed E-state index contributed by atoms with van der Waals surface area (Å²) >= 11 is 3.19. The highest BCUT2D eigenvalue weighted by atomic mass is 32.1. The predicted octanol–water partition coefficient (Wildman–Crippen LogP) is 2.86. The summed E-state index contributed by atoms with van der Waals surface area (Å²) < 4.78 is 0. The number of nitrogens with zero attached hydrogens (tertiary/aromatic N) is 6. The molecule has 3 aromatic rings. The van der Waals surface area contributed by atoms with Gasteiger partial charge in [0.2, 0.25) is 5.13 Å². The van der Waals surface area contributed by atoms with Gasteiger partial charge in [-0.15, -0.1) is 21.5 Å². The molecule has 130 valence electrons. The molecule has 0 saturated carbocycles. The molecule has 0 amide bonds. The van der Waals surface area contributed by atoms with Crippen molar-refractivity contribution in [2.75, 3.05) is 43.4 Å². The highest BCUT2D eigenvalue weighted by Gasteiger charge is 2.17. The van der Waals surface area contributed by atoms with Crippen LogP contribution in [0.3, 0.4) is 0 Å². The Hall–Kier alpha value is -2.10. The van der Waals surface area contributed by atoms with Gasteiger partial charge in [0.05, 0.1) is 4.88 Å². The van der Waals surface area contributed by atoms with Gasteiger partial charge in [0.25, 0.3) is 0 Å². The van der Waals surface area contributed by atoms with E-state index in [4.69, 9.17) is 0 Å². The largest absolute Gasteiger partial charge is 0.354 e. The number of aryl methyl sites for hydroxylation is 1. The maximum Gasteiger partial charge on any atom is 0.211 e. The second-order valence-corrected chi connectivity index (χ2v) is 7.89. The zero-order valence-electron chi connectivity index (χ0n) is 14.1. The average Bonchev–Trinajstić information content (AvgIpc) is 3.26. The van der Waals surface area contributed by atoms with Gasteiger partial charge in [-0.1, -0.05) is 17.4 Å². The first-order valence-corrected chi connectivity index (χ1v) is 9.80. The van der Waals surface area contributed by atoms with Crippen LogP contribution in [0.1, 0.15) is 5.82 Å². The Morgan fingerprint density at radius 1 is 1.12 bits per heavy atom. The van der Waals surface area contributed by atoms with Crippen LogP contribution in [0.4, 0.5) is 16.8 Å². The second kappa shape index (κ2) is 7.03. The Morgan fingerprint density at radius 3 is 2.72 bits per heavy atom. The van der Waals surface area contributed by atoms with Gasteiger partial charge < -0.3 is 15.1 Å². The van der Waals surface area contributed by atoms with Crippen molar-refractivity contribution in [1.29, 1.82) is 0 Å². The lowest BCUT2D eigenvalue weighted by Crippen LogP contribution is -2.44. The van der Waals surface area contributed by atoms with E-state index >= 15 is 0 Å². The molecule has 0 spiro atoms. The number of piperazine rings is 1. The summed E-state index contributed by atoms with van der Waals surface area (Å²) in [6.45, 7) is 5.97. The molecule has 25 heavy (non-hydrogen) atoms. The van der Waals surface area contributed by atoms with Gasteiger partial charge in [-0.05, 0) is 25.4 Å². The topological polar surface area (TPSA) is 70.1 Å². The van der Waals surface area contributed by atoms with Crippen molar-refractivity contribution in [3.8, 4) is 9.88 Å². The van der Waals surface area contributed by atoms with Crippen molar-refractivity contribution >= 4 is 39.4 Å². The van der Waals surface area contributed by atoms with Gasteiger partial charge in [-0.25, -0.2) is 9.97 Å². The molecule has 1 aliphatic heterocycles. The van der Waals surface area contributed by atoms with Gasteiger partial charge in [0.1, 0.15) is 17.5 Å². The summed E-state index contributed by atoms with van der Waals surface area (Å²) in [6, 6.07) is 6.06. The smallest absolute Gasteiger partial charge is 0.211 e. The molecule has 3 aromatic heterocycles. The molecule has 0 unspecified atom stereocenters. The van der Waals surface area contributed by atoms with E-state index in [9.17, 15) is 0 Å². The molecule has 0 atom stereocenters. The number of anilines is 3. The molecule has 7 nitrogen and oxygen atoms in total. The van der Waals surface area contributed by atoms with Crippen LogP contribution in [-0.2, 0) is 0 Å². The van der Waals surface area contributed by atoms with Crippen molar-refractivity contribution in [3.63, 3.8) is 0 Å². The minimum atomic E-state index is 0.742. The molecule has 0 bridgehead atoms. The minimum Gasteiger partial charge on any atom is -0.354 e. The van der Waals surface area contributed by atoms with Crippen molar-refractivity contribution in [3.05, 3.63) is 29.4 Å². The summed E-state index contributed by atoms with van der Waals surface area (Å²) in [5.41, 5.74) is 0. The fourth-order valence-electron chi connectivity index (χ4n) is 2.70. The van der Waals surface area contributed by atoms with E-state index in [1.807, 2.05) is 24.4 Å². The third-order valence-corrected chi connectivity index (χ3v) is 5.92. The van der Waals surface area contributed by atoms with E-state index in [2.05, 4.69) is 48.4 Å². The Bertz CT molecular complexity index is 838. The van der Waals surface area contributed by atoms with Crippen molar-refractivity contribution in [1.82, 2.24) is 25.1 Å². The molecule has 9 heteroatoms. The van der Waals surface area contributed by atoms with Crippen LogP contribution in [0.25, 0.3) is 9.88 Å². The predicted molar refractivity (Wildman–Crippen MR) is 103 cm³/mol. The quantitative estimate of drug-likeness (QED) is 0.754. The Morgan fingerprint density at radius 2 is 1.96 bits per heavy atom. The van der Waals surface area contributed by atoms with Crippen LogP contribution in [0.5, 0.6) is 0 Å². The molecule has 0 aromatic carbocycles. The second-order valence-electron chi connectivity index (χ2n) is 5.96. The number of nitrogens with one attached hydrogen (secondary N) is 1. The lowest BCUT2D eigenvalue weighted by atomic mass is 10.3. The summed E-state index contributed by atoms with van der Waals surface area (Å²) in [5, 5.41) is 15.5. The lowest BCUT2D eigenvalue weighted by molar-refractivity contribution is 0.312. The van der Waals surface area contributed by atoms with E-state index in [0.29, 0.717) is 0 Å². The first-order chi connectivity index (χ1) is 12.2. The molecule has 0 radical (unpaired) electrons. The number of rotatable bonds is 4. The fraction of sp³-hybridized carbons (Fsp3) is 0.375. The third-order valence-electron chi connectivity index (χ3n) is 4.04. The van der Waals surface area contributed by atoms with Gasteiger partial charge in [0, 0.05) is 32.2 Å². The molecule has 0 aliphatic carbocycles. The SMILES string of the molecule is Cc1nc(Nc2nnc(-c3cccs3)s2)cc(N2CCN(C)CC2)n1. The standard InChI is InChI=1S/C16H19N7S2/c1-11-17-13(10-14(18-11)23-7-5-22(2)6-8-23)19-16-21-20-15(25-16)12-4-3-9-24-12/h3-4,9-10H,5-8H2,1-2H3,(H,17,18,19,21). The number of hydrogen-bond acceptors (Lipinski definition) is 9. The van der Waals surface area contributed by atoms with Crippen LogP contribution in [-0.4, -0.2) is 58.3 Å². The Labute approximate surface area is 154 Å². The maximum absolute atomic E-state index is 4.60. The number of likely N-dealkylation sites (N-methyl/N-ethyl adjacent to an activating group) is 1.